The van der Waals surface area contributed by atoms with Gasteiger partial charge >= 0.3 is 6.03 Å². The van der Waals surface area contributed by atoms with Gasteiger partial charge in [-0.05, 0) is 43.0 Å². The van der Waals surface area contributed by atoms with Crippen LogP contribution in [0.2, 0.25) is 5.02 Å². The van der Waals surface area contributed by atoms with Gasteiger partial charge in [0.05, 0.1) is 5.92 Å². The first-order valence-electron chi connectivity index (χ1n) is 8.30. The summed E-state index contributed by atoms with van der Waals surface area (Å²) in [6.07, 6.45) is 1.44. The van der Waals surface area contributed by atoms with Gasteiger partial charge in [0.25, 0.3) is 5.91 Å². The van der Waals surface area contributed by atoms with Crippen LogP contribution in [0.3, 0.4) is 0 Å². The van der Waals surface area contributed by atoms with Crippen LogP contribution in [0.1, 0.15) is 18.4 Å². The van der Waals surface area contributed by atoms with Crippen molar-refractivity contribution in [1.82, 2.24) is 15.5 Å². The number of carbonyl (C=O) groups excluding carboxylic acids is 3. The van der Waals surface area contributed by atoms with E-state index in [1.54, 1.807) is 11.0 Å². The van der Waals surface area contributed by atoms with Gasteiger partial charge in [-0.2, -0.15) is 0 Å². The molecule has 132 valence electrons. The Hall–Kier alpha value is -2.28. The number of imide groups is 1. The number of piperidine rings is 1. The Morgan fingerprint density at radius 2 is 2.04 bits per heavy atom. The second-order valence-electron chi connectivity index (χ2n) is 6.78. The molecule has 3 aliphatic heterocycles. The van der Waals surface area contributed by atoms with Crippen LogP contribution in [-0.4, -0.2) is 48.0 Å². The molecule has 0 radical (unpaired) electrons. The molecule has 3 aliphatic rings. The van der Waals surface area contributed by atoms with Gasteiger partial charge in [0.15, 0.2) is 0 Å². The van der Waals surface area contributed by atoms with E-state index in [-0.39, 0.29) is 17.7 Å². The first-order chi connectivity index (χ1) is 12.0. The van der Waals surface area contributed by atoms with Crippen molar-refractivity contribution in [2.75, 3.05) is 19.7 Å². The molecule has 1 aromatic carbocycles. The lowest BCUT2D eigenvalue weighted by Crippen LogP contribution is -2.56. The van der Waals surface area contributed by atoms with Gasteiger partial charge in [-0.1, -0.05) is 11.6 Å². The van der Waals surface area contributed by atoms with E-state index in [4.69, 9.17) is 16.3 Å². The Bertz CT molecular complexity index is 758. The smallest absolute Gasteiger partial charge is 0.322 e. The van der Waals surface area contributed by atoms with E-state index in [2.05, 4.69) is 10.6 Å². The molecule has 1 aromatic rings. The van der Waals surface area contributed by atoms with E-state index < -0.39 is 11.6 Å². The van der Waals surface area contributed by atoms with Crippen LogP contribution in [0.15, 0.2) is 18.2 Å². The number of nitrogens with one attached hydrogen (secondary N) is 2. The molecule has 3 heterocycles. The Morgan fingerprint density at radius 1 is 1.28 bits per heavy atom. The van der Waals surface area contributed by atoms with Gasteiger partial charge in [0.1, 0.15) is 17.9 Å². The number of hydrogen-bond acceptors (Lipinski definition) is 4. The topological polar surface area (TPSA) is 87.7 Å². The van der Waals surface area contributed by atoms with Crippen molar-refractivity contribution in [3.05, 3.63) is 28.8 Å². The minimum absolute atomic E-state index is 0.0187. The van der Waals surface area contributed by atoms with Crippen LogP contribution in [-0.2, 0) is 16.0 Å². The molecule has 7 nitrogen and oxygen atoms in total. The molecule has 8 heteroatoms. The number of carbonyl (C=O) groups is 3. The van der Waals surface area contributed by atoms with Gasteiger partial charge in [-0.15, -0.1) is 0 Å². The number of hydrogen-bond donors (Lipinski definition) is 2. The van der Waals surface area contributed by atoms with Crippen molar-refractivity contribution in [2.24, 2.45) is 5.92 Å². The van der Waals surface area contributed by atoms with Crippen LogP contribution in [0.5, 0.6) is 5.75 Å². The van der Waals surface area contributed by atoms with E-state index >= 15 is 0 Å². The number of ether oxygens (including phenoxy) is 1. The van der Waals surface area contributed by atoms with Gasteiger partial charge in [-0.3, -0.25) is 14.9 Å². The molecule has 1 unspecified atom stereocenters. The quantitative estimate of drug-likeness (QED) is 0.731. The fourth-order valence-electron chi connectivity index (χ4n) is 3.77. The van der Waals surface area contributed by atoms with Crippen LogP contribution < -0.4 is 15.4 Å². The summed E-state index contributed by atoms with van der Waals surface area (Å²) in [6.45, 7) is 1.21. The number of rotatable bonds is 1. The highest BCUT2D eigenvalue weighted by atomic mass is 35.5. The number of amides is 4. The van der Waals surface area contributed by atoms with Crippen LogP contribution in [0.4, 0.5) is 4.79 Å². The minimum atomic E-state index is -0.864. The van der Waals surface area contributed by atoms with Gasteiger partial charge in [-0.25, -0.2) is 4.79 Å². The molecular weight excluding hydrogens is 346 g/mol. The summed E-state index contributed by atoms with van der Waals surface area (Å²) in [7, 11) is 0. The molecule has 0 aliphatic carbocycles. The zero-order valence-corrected chi connectivity index (χ0v) is 14.3. The molecule has 0 saturated carbocycles. The van der Waals surface area contributed by atoms with E-state index in [9.17, 15) is 14.4 Å². The van der Waals surface area contributed by atoms with Crippen molar-refractivity contribution in [1.29, 1.82) is 0 Å². The summed E-state index contributed by atoms with van der Waals surface area (Å²) in [4.78, 5) is 37.9. The van der Waals surface area contributed by atoms with Gasteiger partial charge < -0.3 is 15.0 Å². The molecule has 2 N–H and O–H groups in total. The highest BCUT2D eigenvalue weighted by molar-refractivity contribution is 6.30. The van der Waals surface area contributed by atoms with Crippen LogP contribution >= 0.6 is 11.6 Å². The summed E-state index contributed by atoms with van der Waals surface area (Å²) in [5.41, 5.74) is 0.0739. The largest absolute Gasteiger partial charge is 0.492 e. The highest BCUT2D eigenvalue weighted by Crippen LogP contribution is 2.32. The Kier molecular flexibility index (Phi) is 3.83. The first kappa shape index (κ1) is 16.2. The van der Waals surface area contributed by atoms with Gasteiger partial charge in [0.2, 0.25) is 5.91 Å². The van der Waals surface area contributed by atoms with Crippen LogP contribution in [0, 0.1) is 5.92 Å². The first-order valence-corrected chi connectivity index (χ1v) is 8.68. The second kappa shape index (κ2) is 5.91. The molecular formula is C17H18ClN3O4. The Balaban J connectivity index is 1.41. The zero-order chi connectivity index (χ0) is 17.6. The number of likely N-dealkylation sites (tertiary alicyclic amines) is 1. The third-order valence-electron chi connectivity index (χ3n) is 5.22. The number of halogens is 1. The SMILES string of the molecule is O=C1NC(=O)C2(CCN(C(=O)C3COc4ccc(Cl)cc4C3)CC2)N1. The van der Waals surface area contributed by atoms with E-state index in [1.807, 2.05) is 12.1 Å². The predicted octanol–water partition coefficient (Wildman–Crippen LogP) is 1.09. The van der Waals surface area contributed by atoms with Gasteiger partial charge in [0, 0.05) is 18.1 Å². The predicted molar refractivity (Wildman–Crippen MR) is 89.4 cm³/mol. The maximum Gasteiger partial charge on any atom is 0.322 e. The molecule has 0 aromatic heterocycles. The monoisotopic (exact) mass is 363 g/mol. The molecule has 25 heavy (non-hydrogen) atoms. The average molecular weight is 364 g/mol. The second-order valence-corrected chi connectivity index (χ2v) is 7.22. The maximum absolute atomic E-state index is 12.8. The molecule has 2 fully saturated rings. The van der Waals surface area contributed by atoms with Crippen molar-refractivity contribution in [3.8, 4) is 5.75 Å². The van der Waals surface area contributed by atoms with Crippen molar-refractivity contribution >= 4 is 29.4 Å². The summed E-state index contributed by atoms with van der Waals surface area (Å²) < 4.78 is 5.70. The average Bonchev–Trinajstić information content (AvgIpc) is 2.87. The number of benzene rings is 1. The number of nitrogens with zero attached hydrogens (tertiary/aromatic N) is 1. The summed E-state index contributed by atoms with van der Waals surface area (Å²) in [6, 6.07) is 4.97. The zero-order valence-electron chi connectivity index (χ0n) is 13.5. The summed E-state index contributed by atoms with van der Waals surface area (Å²) in [5.74, 6) is 0.239. The Morgan fingerprint density at radius 3 is 2.72 bits per heavy atom. The lowest BCUT2D eigenvalue weighted by molar-refractivity contribution is -0.140. The normalized spacial score (nSPS) is 24.4. The van der Waals surface area contributed by atoms with Crippen molar-refractivity contribution in [3.63, 3.8) is 0 Å². The lowest BCUT2D eigenvalue weighted by Gasteiger charge is -2.39. The van der Waals surface area contributed by atoms with Crippen molar-refractivity contribution < 1.29 is 19.1 Å². The molecule has 0 bridgehead atoms. The third-order valence-corrected chi connectivity index (χ3v) is 5.46. The standard InChI is InChI=1S/C17H18ClN3O4/c18-12-1-2-13-10(8-12)7-11(9-25-13)14(22)21-5-3-17(4-6-21)15(23)19-16(24)20-17/h1-2,8,11H,3-7,9H2,(H2,19,20,23,24). The van der Waals surface area contributed by atoms with Crippen LogP contribution in [0.25, 0.3) is 0 Å². The number of urea groups is 1. The Labute approximate surface area is 149 Å². The third kappa shape index (κ3) is 2.82. The fourth-order valence-corrected chi connectivity index (χ4v) is 3.96. The minimum Gasteiger partial charge on any atom is -0.492 e. The van der Waals surface area contributed by atoms with E-state index in [1.165, 1.54) is 0 Å². The van der Waals surface area contributed by atoms with Crippen molar-refractivity contribution in [2.45, 2.75) is 24.8 Å². The van der Waals surface area contributed by atoms with E-state index in [0.717, 1.165) is 11.3 Å². The molecule has 4 rings (SSSR count). The summed E-state index contributed by atoms with van der Waals surface area (Å²) in [5, 5.41) is 5.60. The fraction of sp³-hybridized carbons (Fsp3) is 0.471. The molecule has 2 saturated heterocycles. The molecule has 1 atom stereocenters. The molecule has 1 spiro atoms. The maximum atomic E-state index is 12.8. The molecule has 4 amide bonds. The highest BCUT2D eigenvalue weighted by Gasteiger charge is 2.48. The summed E-state index contributed by atoms with van der Waals surface area (Å²) >= 11 is 6.02. The lowest BCUT2D eigenvalue weighted by atomic mass is 9.86. The van der Waals surface area contributed by atoms with E-state index in [0.29, 0.717) is 44.0 Å². The number of fused-ring (bicyclic) bond motifs is 1.